The molecule has 2 aromatic heterocycles. The van der Waals surface area contributed by atoms with Gasteiger partial charge in [0.2, 0.25) is 11.8 Å². The molecule has 4 aromatic rings. The topological polar surface area (TPSA) is 88.3 Å². The molecule has 0 radical (unpaired) electrons. The van der Waals surface area contributed by atoms with Crippen molar-refractivity contribution in [2.75, 3.05) is 17.6 Å². The summed E-state index contributed by atoms with van der Waals surface area (Å²) in [5.74, 6) is -0.318. The number of nitrogens with two attached hydrogens (primary N) is 1. The van der Waals surface area contributed by atoms with Crippen molar-refractivity contribution in [3.8, 4) is 11.3 Å². The molecule has 2 amide bonds. The number of aromatic nitrogens is 1. The lowest BCUT2D eigenvalue weighted by molar-refractivity contribution is -0.134. The van der Waals surface area contributed by atoms with Crippen molar-refractivity contribution >= 4 is 45.3 Å². The molecule has 0 spiro atoms. The predicted molar refractivity (Wildman–Crippen MR) is 135 cm³/mol. The number of hydrogen-bond acceptors (Lipinski definition) is 6. The molecule has 3 N–H and O–H groups in total. The lowest BCUT2D eigenvalue weighted by atomic mass is 10.1. The maximum Gasteiger partial charge on any atom is 0.244 e. The van der Waals surface area contributed by atoms with Crippen molar-refractivity contribution in [3.63, 3.8) is 0 Å². The molecule has 0 aliphatic rings. The van der Waals surface area contributed by atoms with Gasteiger partial charge in [-0.25, -0.2) is 4.98 Å². The standard InChI is InChI=1S/C25H24N4O2S2/c1-17-5-2-3-6-19(17)14-29(24(31)13-21-7-4-12-32-21)15-23(30)27-20-10-8-18(9-11-20)22-16-33-25(26)28-22/h2-12,16H,13-15H2,1H3,(H2,26,28)(H,27,30). The predicted octanol–water partition coefficient (Wildman–Crippen LogP) is 4.97. The van der Waals surface area contributed by atoms with Crippen LogP contribution in [0.4, 0.5) is 10.8 Å². The van der Waals surface area contributed by atoms with Gasteiger partial charge in [0.05, 0.1) is 12.1 Å². The van der Waals surface area contributed by atoms with Gasteiger partial charge in [0.1, 0.15) is 6.54 Å². The van der Waals surface area contributed by atoms with Crippen LogP contribution in [-0.4, -0.2) is 28.2 Å². The summed E-state index contributed by atoms with van der Waals surface area (Å²) in [5, 5.41) is 7.26. The lowest BCUT2D eigenvalue weighted by Gasteiger charge is -2.23. The van der Waals surface area contributed by atoms with E-state index in [1.165, 1.54) is 11.3 Å². The number of aryl methyl sites for hydroxylation is 1. The Labute approximate surface area is 200 Å². The molecule has 2 heterocycles. The fourth-order valence-electron chi connectivity index (χ4n) is 3.42. The Morgan fingerprint density at radius 1 is 1.03 bits per heavy atom. The van der Waals surface area contributed by atoms with E-state index in [2.05, 4.69) is 10.3 Å². The summed E-state index contributed by atoms with van der Waals surface area (Å²) in [6, 6.07) is 19.2. The minimum Gasteiger partial charge on any atom is -0.375 e. The monoisotopic (exact) mass is 476 g/mol. The van der Waals surface area contributed by atoms with E-state index in [-0.39, 0.29) is 24.8 Å². The molecule has 0 fully saturated rings. The number of carbonyl (C=O) groups excluding carboxylic acids is 2. The van der Waals surface area contributed by atoms with E-state index in [1.807, 2.05) is 78.3 Å². The van der Waals surface area contributed by atoms with Gasteiger partial charge < -0.3 is 16.0 Å². The summed E-state index contributed by atoms with van der Waals surface area (Å²) in [6.07, 6.45) is 0.280. The Bertz CT molecular complexity index is 1230. The minimum absolute atomic E-state index is 0.0249. The molecule has 2 aromatic carbocycles. The Balaban J connectivity index is 1.44. The molecule has 4 rings (SSSR count). The van der Waals surface area contributed by atoms with Crippen LogP contribution < -0.4 is 11.1 Å². The van der Waals surface area contributed by atoms with Crippen molar-refractivity contribution in [2.45, 2.75) is 19.9 Å². The normalized spacial score (nSPS) is 10.7. The first-order valence-corrected chi connectivity index (χ1v) is 12.2. The Kier molecular flexibility index (Phi) is 7.16. The van der Waals surface area contributed by atoms with Crippen molar-refractivity contribution in [1.82, 2.24) is 9.88 Å². The molecule has 0 bridgehead atoms. The SMILES string of the molecule is Cc1ccccc1CN(CC(=O)Nc1ccc(-c2csc(N)n2)cc1)C(=O)Cc1cccs1. The number of benzene rings is 2. The van der Waals surface area contributed by atoms with E-state index in [0.717, 1.165) is 27.3 Å². The molecular formula is C25H24N4O2S2. The molecule has 0 aliphatic carbocycles. The van der Waals surface area contributed by atoms with E-state index in [4.69, 9.17) is 5.73 Å². The van der Waals surface area contributed by atoms with Crippen LogP contribution in [-0.2, 0) is 22.6 Å². The molecule has 0 unspecified atom stereocenters. The van der Waals surface area contributed by atoms with Gasteiger partial charge in [-0.05, 0) is 41.6 Å². The number of nitrogen functional groups attached to an aromatic ring is 1. The van der Waals surface area contributed by atoms with Gasteiger partial charge in [0.25, 0.3) is 0 Å². The largest absolute Gasteiger partial charge is 0.375 e. The summed E-state index contributed by atoms with van der Waals surface area (Å²) in [7, 11) is 0. The number of nitrogens with one attached hydrogen (secondary N) is 1. The quantitative estimate of drug-likeness (QED) is 0.376. The number of thiazole rings is 1. The fourth-order valence-corrected chi connectivity index (χ4v) is 4.69. The van der Waals surface area contributed by atoms with Gasteiger partial charge in [-0.15, -0.1) is 22.7 Å². The highest BCUT2D eigenvalue weighted by Crippen LogP contribution is 2.24. The first-order valence-electron chi connectivity index (χ1n) is 10.4. The highest BCUT2D eigenvalue weighted by atomic mass is 32.1. The highest BCUT2D eigenvalue weighted by molar-refractivity contribution is 7.13. The van der Waals surface area contributed by atoms with Crippen LogP contribution in [0.25, 0.3) is 11.3 Å². The van der Waals surface area contributed by atoms with Gasteiger partial charge in [-0.2, -0.15) is 0 Å². The molecule has 33 heavy (non-hydrogen) atoms. The second-order valence-electron chi connectivity index (χ2n) is 7.63. The molecule has 0 saturated heterocycles. The van der Waals surface area contributed by atoms with Crippen LogP contribution in [0.1, 0.15) is 16.0 Å². The Morgan fingerprint density at radius 3 is 2.48 bits per heavy atom. The summed E-state index contributed by atoms with van der Waals surface area (Å²) < 4.78 is 0. The number of nitrogens with zero attached hydrogens (tertiary/aromatic N) is 2. The van der Waals surface area contributed by atoms with E-state index in [0.29, 0.717) is 17.4 Å². The second-order valence-corrected chi connectivity index (χ2v) is 9.55. The number of anilines is 2. The van der Waals surface area contributed by atoms with Crippen LogP contribution in [0, 0.1) is 6.92 Å². The van der Waals surface area contributed by atoms with Crippen molar-refractivity contribution in [1.29, 1.82) is 0 Å². The summed E-state index contributed by atoms with van der Waals surface area (Å²) in [6.45, 7) is 2.37. The molecule has 0 aliphatic heterocycles. The van der Waals surface area contributed by atoms with E-state index in [9.17, 15) is 9.59 Å². The molecular weight excluding hydrogens is 452 g/mol. The minimum atomic E-state index is -0.242. The van der Waals surface area contributed by atoms with Crippen molar-refractivity contribution < 1.29 is 9.59 Å². The van der Waals surface area contributed by atoms with E-state index < -0.39 is 0 Å². The van der Waals surface area contributed by atoms with Crippen LogP contribution in [0.3, 0.4) is 0 Å². The zero-order chi connectivity index (χ0) is 23.2. The van der Waals surface area contributed by atoms with Gasteiger partial charge in [0, 0.05) is 28.1 Å². The third-order valence-electron chi connectivity index (χ3n) is 5.20. The first-order chi connectivity index (χ1) is 16.0. The maximum atomic E-state index is 13.1. The summed E-state index contributed by atoms with van der Waals surface area (Å²) >= 11 is 2.93. The molecule has 0 atom stereocenters. The van der Waals surface area contributed by atoms with Gasteiger partial charge in [0.15, 0.2) is 5.13 Å². The van der Waals surface area contributed by atoms with Gasteiger partial charge in [-0.1, -0.05) is 42.5 Å². The van der Waals surface area contributed by atoms with Gasteiger partial charge in [-0.3, -0.25) is 9.59 Å². The van der Waals surface area contributed by atoms with Crippen molar-refractivity contribution in [2.24, 2.45) is 0 Å². The van der Waals surface area contributed by atoms with Crippen molar-refractivity contribution in [3.05, 3.63) is 87.4 Å². The average molecular weight is 477 g/mol. The van der Waals surface area contributed by atoms with Gasteiger partial charge >= 0.3 is 0 Å². The van der Waals surface area contributed by atoms with E-state index in [1.54, 1.807) is 16.2 Å². The second kappa shape index (κ2) is 10.4. The number of hydrogen-bond donors (Lipinski definition) is 2. The smallest absolute Gasteiger partial charge is 0.244 e. The number of rotatable bonds is 8. The Morgan fingerprint density at radius 2 is 1.82 bits per heavy atom. The summed E-state index contributed by atoms with van der Waals surface area (Å²) in [4.78, 5) is 32.8. The number of amides is 2. The molecule has 168 valence electrons. The van der Waals surface area contributed by atoms with Crippen LogP contribution >= 0.6 is 22.7 Å². The third-order valence-corrected chi connectivity index (χ3v) is 6.75. The zero-order valence-corrected chi connectivity index (χ0v) is 19.8. The fraction of sp³-hybridized carbons (Fsp3) is 0.160. The van der Waals surface area contributed by atoms with Crippen LogP contribution in [0.5, 0.6) is 0 Å². The number of thiophene rings is 1. The lowest BCUT2D eigenvalue weighted by Crippen LogP contribution is -2.38. The highest BCUT2D eigenvalue weighted by Gasteiger charge is 2.19. The van der Waals surface area contributed by atoms with Crippen LogP contribution in [0.15, 0.2) is 71.4 Å². The Hall–Kier alpha value is -3.49. The maximum absolute atomic E-state index is 13.1. The summed E-state index contributed by atoms with van der Waals surface area (Å²) in [5.41, 5.74) is 10.2. The first kappa shape index (κ1) is 22.7. The average Bonchev–Trinajstić information content (AvgIpc) is 3.47. The van der Waals surface area contributed by atoms with E-state index >= 15 is 0 Å². The molecule has 6 nitrogen and oxygen atoms in total. The van der Waals surface area contributed by atoms with Crippen LogP contribution in [0.2, 0.25) is 0 Å². The zero-order valence-electron chi connectivity index (χ0n) is 18.2. The number of carbonyl (C=O) groups is 2. The molecule has 0 saturated carbocycles. The molecule has 8 heteroatoms. The third kappa shape index (κ3) is 6.06.